The Kier molecular flexibility index (Phi) is 10.6. The van der Waals surface area contributed by atoms with Gasteiger partial charge in [0.05, 0.1) is 12.3 Å². The minimum absolute atomic E-state index is 0.0440. The molecule has 0 aliphatic rings. The molecule has 0 saturated carbocycles. The Morgan fingerprint density at radius 3 is 2.32 bits per heavy atom. The van der Waals surface area contributed by atoms with Gasteiger partial charge in [0, 0.05) is 18.0 Å². The molecule has 0 fully saturated rings. The molecule has 0 spiro atoms. The maximum atomic E-state index is 13.1. The predicted octanol–water partition coefficient (Wildman–Crippen LogP) is 6.74. The zero-order valence-corrected chi connectivity index (χ0v) is 24.5. The van der Waals surface area contributed by atoms with Crippen molar-refractivity contribution in [3.63, 3.8) is 0 Å². The Hall–Kier alpha value is -1.71. The van der Waals surface area contributed by atoms with E-state index in [2.05, 4.69) is 73.7 Å². The number of rotatable bonds is 7. The molecule has 0 bridgehead atoms. The second-order valence-corrected chi connectivity index (χ2v) is 15.8. The molecule has 3 aromatic heterocycles. The summed E-state index contributed by atoms with van der Waals surface area (Å²) in [6.45, 7) is 17.0. The summed E-state index contributed by atoms with van der Waals surface area (Å²) in [7, 11) is -1.96. The minimum atomic E-state index is -4.62. The quantitative estimate of drug-likeness (QED) is 0.343. The SMILES string of the molecule is Cc1cnc(C(O)c2ccn3c(C(F)(F)F)nnc3c2C)cc1CO[Si](C)(C)C(C)(C)C.[Li][CH2]CCC. The fraction of sp³-hybridized carbons (Fsp3) is 0.577. The molecular weight excluding hydrogens is 492 g/mol. The van der Waals surface area contributed by atoms with E-state index >= 15 is 0 Å². The Bertz CT molecular complexity index is 1190. The molecule has 1 N–H and O–H groups in total. The van der Waals surface area contributed by atoms with Crippen molar-refractivity contribution in [2.24, 2.45) is 0 Å². The van der Waals surface area contributed by atoms with Gasteiger partial charge in [-0.3, -0.25) is 9.38 Å². The predicted molar refractivity (Wildman–Crippen MR) is 143 cm³/mol. The summed E-state index contributed by atoms with van der Waals surface area (Å²) < 4.78 is 46.6. The number of aliphatic hydroxyl groups excluding tert-OH is 1. The molecule has 3 aromatic rings. The monoisotopic (exact) mass is 530 g/mol. The van der Waals surface area contributed by atoms with Gasteiger partial charge in [-0.25, -0.2) is 0 Å². The van der Waals surface area contributed by atoms with Crippen LogP contribution in [0.15, 0.2) is 24.5 Å². The van der Waals surface area contributed by atoms with Gasteiger partial charge in [-0.05, 0) is 60.8 Å². The van der Waals surface area contributed by atoms with Gasteiger partial charge in [-0.1, -0.05) is 20.8 Å². The van der Waals surface area contributed by atoms with E-state index in [0.29, 0.717) is 23.4 Å². The maximum absolute atomic E-state index is 13.1. The molecule has 1 unspecified atom stereocenters. The van der Waals surface area contributed by atoms with Gasteiger partial charge in [0.15, 0.2) is 14.0 Å². The van der Waals surface area contributed by atoms with E-state index in [-0.39, 0.29) is 10.7 Å². The number of aromatic nitrogens is 4. The molecule has 0 saturated heterocycles. The number of alkyl halides is 3. The summed E-state index contributed by atoms with van der Waals surface area (Å²) >= 11 is 2.21. The summed E-state index contributed by atoms with van der Waals surface area (Å²) in [5, 5.41) is 19.4. The Balaban J connectivity index is 0.000000877. The van der Waals surface area contributed by atoms with Gasteiger partial charge in [0.2, 0.25) is 5.82 Å². The molecule has 1 atom stereocenters. The van der Waals surface area contributed by atoms with Crippen LogP contribution in [0.25, 0.3) is 5.65 Å². The van der Waals surface area contributed by atoms with Crippen LogP contribution in [0.3, 0.4) is 0 Å². The van der Waals surface area contributed by atoms with Crippen molar-refractivity contribution in [3.05, 3.63) is 58.3 Å². The Labute approximate surface area is 228 Å². The number of nitrogens with zero attached hydrogens (tertiary/aromatic N) is 4. The van der Waals surface area contributed by atoms with Gasteiger partial charge in [0.1, 0.15) is 6.10 Å². The Morgan fingerprint density at radius 2 is 1.81 bits per heavy atom. The van der Waals surface area contributed by atoms with E-state index in [1.54, 1.807) is 19.2 Å². The molecular formula is C26H38F3LiN4O2Si. The molecule has 6 nitrogen and oxygen atoms in total. The van der Waals surface area contributed by atoms with E-state index in [1.165, 1.54) is 30.2 Å². The van der Waals surface area contributed by atoms with Gasteiger partial charge < -0.3 is 9.53 Å². The van der Waals surface area contributed by atoms with Crippen LogP contribution in [0.1, 0.15) is 80.4 Å². The van der Waals surface area contributed by atoms with Crippen LogP contribution < -0.4 is 0 Å². The van der Waals surface area contributed by atoms with Crippen LogP contribution in [-0.4, -0.2) is 50.7 Å². The molecule has 200 valence electrons. The first-order valence-electron chi connectivity index (χ1n) is 12.7. The number of aliphatic hydroxyl groups is 1. The third-order valence-corrected chi connectivity index (χ3v) is 11.5. The molecule has 0 aromatic carbocycles. The fourth-order valence-electron chi connectivity index (χ4n) is 3.46. The van der Waals surface area contributed by atoms with Crippen LogP contribution in [0.5, 0.6) is 0 Å². The number of unbranched alkanes of at least 4 members (excludes halogenated alkanes) is 1. The first-order valence-corrected chi connectivity index (χ1v) is 15.6. The third-order valence-electron chi connectivity index (χ3n) is 7.03. The molecule has 3 rings (SSSR count). The van der Waals surface area contributed by atoms with Crippen molar-refractivity contribution in [2.45, 2.75) is 96.5 Å². The molecule has 0 radical (unpaired) electrons. The molecule has 0 amide bonds. The van der Waals surface area contributed by atoms with E-state index in [0.717, 1.165) is 15.5 Å². The van der Waals surface area contributed by atoms with Gasteiger partial charge in [0.25, 0.3) is 0 Å². The molecule has 11 heteroatoms. The summed E-state index contributed by atoms with van der Waals surface area (Å²) in [4.78, 5) is 4.36. The van der Waals surface area contributed by atoms with Crippen LogP contribution in [0, 0.1) is 13.8 Å². The van der Waals surface area contributed by atoms with Crippen LogP contribution in [0.4, 0.5) is 13.2 Å². The standard InChI is InChI=1S/C22H29F3N4O2Si.C4H9.Li/c1-13-11-26-17(10-15(13)12-31-32(6,7)21(3,4)5)18(30)16-8-9-29-19(14(16)2)27-28-20(29)22(23,24)25;1-3-4-2;/h8-11,18,30H,12H2,1-7H3;1,3-4H2,2H3;. The molecule has 0 aliphatic heterocycles. The van der Waals surface area contributed by atoms with Crippen molar-refractivity contribution in [2.75, 3.05) is 0 Å². The first kappa shape index (κ1) is 31.5. The van der Waals surface area contributed by atoms with E-state index in [9.17, 15) is 18.3 Å². The Morgan fingerprint density at radius 1 is 1.16 bits per heavy atom. The van der Waals surface area contributed by atoms with Crippen molar-refractivity contribution < 1.29 is 22.7 Å². The van der Waals surface area contributed by atoms with Crippen LogP contribution >= 0.6 is 0 Å². The van der Waals surface area contributed by atoms with Crippen molar-refractivity contribution in [1.82, 2.24) is 19.6 Å². The molecule has 37 heavy (non-hydrogen) atoms. The topological polar surface area (TPSA) is 72.5 Å². The summed E-state index contributed by atoms with van der Waals surface area (Å²) in [6.07, 6.45) is -0.118. The number of hydrogen-bond donors (Lipinski definition) is 1. The number of aryl methyl sites for hydroxylation is 2. The van der Waals surface area contributed by atoms with Crippen molar-refractivity contribution >= 4 is 31.7 Å². The van der Waals surface area contributed by atoms with Crippen molar-refractivity contribution in [3.8, 4) is 0 Å². The summed E-state index contributed by atoms with van der Waals surface area (Å²) in [5.74, 6) is -1.10. The average molecular weight is 531 g/mol. The fourth-order valence-corrected chi connectivity index (χ4v) is 4.41. The second-order valence-electron chi connectivity index (χ2n) is 11.0. The molecule has 0 aliphatic carbocycles. The normalized spacial score (nSPS) is 13.5. The number of fused-ring (bicyclic) bond motifs is 1. The zero-order chi connectivity index (χ0) is 28.2. The van der Waals surface area contributed by atoms with Crippen LogP contribution in [0.2, 0.25) is 23.2 Å². The van der Waals surface area contributed by atoms with Gasteiger partial charge in [-0.15, -0.1) is 10.2 Å². The third kappa shape index (κ3) is 7.67. The van der Waals surface area contributed by atoms with E-state index in [1.807, 2.05) is 6.92 Å². The van der Waals surface area contributed by atoms with Gasteiger partial charge in [-0.2, -0.15) is 13.2 Å². The number of halogens is 3. The molecule has 3 heterocycles. The number of pyridine rings is 2. The summed E-state index contributed by atoms with van der Waals surface area (Å²) in [6, 6.07) is 3.24. The average Bonchev–Trinajstić information content (AvgIpc) is 3.24. The number of hydrogen-bond acceptors (Lipinski definition) is 5. The van der Waals surface area contributed by atoms with Crippen LogP contribution in [-0.2, 0) is 17.2 Å². The van der Waals surface area contributed by atoms with E-state index in [4.69, 9.17) is 4.43 Å². The zero-order valence-electron chi connectivity index (χ0n) is 23.5. The van der Waals surface area contributed by atoms with Crippen molar-refractivity contribution in [1.29, 1.82) is 0 Å². The van der Waals surface area contributed by atoms with E-state index < -0.39 is 26.4 Å². The second kappa shape index (κ2) is 12.4. The van der Waals surface area contributed by atoms with Gasteiger partial charge >= 0.3 is 48.8 Å². The summed E-state index contributed by atoms with van der Waals surface area (Å²) in [5.41, 5.74) is 3.13. The first-order chi connectivity index (χ1) is 17.0.